The second kappa shape index (κ2) is 11.2. The predicted molar refractivity (Wildman–Crippen MR) is 84.1 cm³/mol. The third kappa shape index (κ3) is 7.98. The minimum Gasteiger partial charge on any atom is -0.467 e. The molecule has 0 bridgehead atoms. The van der Waals surface area contributed by atoms with E-state index in [1.54, 1.807) is 0 Å². The van der Waals surface area contributed by atoms with Gasteiger partial charge in [-0.05, 0) is 24.8 Å². The first-order chi connectivity index (χ1) is 11.2. The Morgan fingerprint density at radius 1 is 1.26 bits per heavy atom. The zero-order valence-electron chi connectivity index (χ0n) is 13.3. The van der Waals surface area contributed by atoms with Gasteiger partial charge in [0.1, 0.15) is 12.6 Å². The number of benzene rings is 1. The Hall–Kier alpha value is -2.39. The summed E-state index contributed by atoms with van der Waals surface area (Å²) in [6, 6.07) is 10.9. The van der Waals surface area contributed by atoms with Gasteiger partial charge in [-0.3, -0.25) is 4.79 Å². The third-order valence-corrected chi connectivity index (χ3v) is 3.20. The number of carbonyl (C=O) groups excluding carboxylic acids is 2. The van der Waals surface area contributed by atoms with Crippen LogP contribution in [0.3, 0.4) is 0 Å². The van der Waals surface area contributed by atoms with Crippen LogP contribution in [0.1, 0.15) is 31.2 Å². The number of unbranched alkanes of at least 4 members (excludes halogenated alkanes) is 2. The van der Waals surface area contributed by atoms with Gasteiger partial charge >= 0.3 is 5.97 Å². The highest BCUT2D eigenvalue weighted by Crippen LogP contribution is 2.05. The zero-order valence-corrected chi connectivity index (χ0v) is 13.3. The summed E-state index contributed by atoms with van der Waals surface area (Å²) in [6.45, 7) is 0.208. The van der Waals surface area contributed by atoms with Gasteiger partial charge in [0.2, 0.25) is 5.91 Å². The quantitative estimate of drug-likeness (QED) is 0.526. The van der Waals surface area contributed by atoms with Crippen LogP contribution in [0.15, 0.2) is 30.3 Å². The van der Waals surface area contributed by atoms with E-state index in [-0.39, 0.29) is 12.5 Å². The van der Waals surface area contributed by atoms with Crippen molar-refractivity contribution >= 4 is 11.9 Å². The molecule has 0 spiro atoms. The van der Waals surface area contributed by atoms with Crippen LogP contribution < -0.4 is 5.32 Å². The normalized spacial score (nSPS) is 11.3. The average molecular weight is 318 g/mol. The minimum absolute atomic E-state index is 0.124. The van der Waals surface area contributed by atoms with E-state index in [1.807, 2.05) is 36.4 Å². The van der Waals surface area contributed by atoms with Crippen LogP contribution in [0, 0.1) is 11.3 Å². The lowest BCUT2D eigenvalue weighted by Gasteiger charge is -2.16. The molecule has 1 aromatic carbocycles. The number of nitriles is 1. The number of carbonyl (C=O) groups is 2. The smallest absolute Gasteiger partial charge is 0.328 e. The van der Waals surface area contributed by atoms with Gasteiger partial charge in [0.05, 0.1) is 19.8 Å². The van der Waals surface area contributed by atoms with E-state index < -0.39 is 12.0 Å². The molecule has 6 nitrogen and oxygen atoms in total. The molecule has 0 saturated carbocycles. The summed E-state index contributed by atoms with van der Waals surface area (Å²) >= 11 is 0. The first kappa shape index (κ1) is 18.7. The Kier molecular flexibility index (Phi) is 9.10. The molecular weight excluding hydrogens is 296 g/mol. The highest BCUT2D eigenvalue weighted by Gasteiger charge is 2.20. The van der Waals surface area contributed by atoms with E-state index in [0.29, 0.717) is 32.3 Å². The molecule has 0 heterocycles. The van der Waals surface area contributed by atoms with E-state index in [9.17, 15) is 9.59 Å². The fourth-order valence-corrected chi connectivity index (χ4v) is 2.02. The molecule has 0 saturated heterocycles. The van der Waals surface area contributed by atoms with Gasteiger partial charge in [0, 0.05) is 6.42 Å². The van der Waals surface area contributed by atoms with Gasteiger partial charge in [0.25, 0.3) is 0 Å². The summed E-state index contributed by atoms with van der Waals surface area (Å²) in [5.41, 5.74) is 0.973. The molecular formula is C17H22N2O4. The number of hydrogen-bond acceptors (Lipinski definition) is 5. The van der Waals surface area contributed by atoms with Crippen molar-refractivity contribution in [3.8, 4) is 6.07 Å². The maximum absolute atomic E-state index is 11.9. The summed E-state index contributed by atoms with van der Waals surface area (Å²) in [5, 5.41) is 11.1. The monoisotopic (exact) mass is 318 g/mol. The molecule has 0 fully saturated rings. The lowest BCUT2D eigenvalue weighted by atomic mass is 10.1. The number of hydrogen-bond donors (Lipinski definition) is 1. The van der Waals surface area contributed by atoms with Crippen LogP contribution in [-0.2, 0) is 25.7 Å². The van der Waals surface area contributed by atoms with Crippen LogP contribution >= 0.6 is 0 Å². The summed E-state index contributed by atoms with van der Waals surface area (Å²) in [5.74, 6) is -0.852. The predicted octanol–water partition coefficient (Wildman–Crippen LogP) is 1.94. The van der Waals surface area contributed by atoms with Crippen molar-refractivity contribution in [2.45, 2.75) is 38.3 Å². The molecule has 1 N–H and O–H groups in total. The molecule has 1 rings (SSSR count). The topological polar surface area (TPSA) is 88.4 Å². The van der Waals surface area contributed by atoms with Gasteiger partial charge in [-0.2, -0.15) is 5.26 Å². The Morgan fingerprint density at radius 2 is 2.00 bits per heavy atom. The van der Waals surface area contributed by atoms with E-state index in [1.165, 1.54) is 7.11 Å². The van der Waals surface area contributed by atoms with E-state index in [2.05, 4.69) is 10.1 Å². The van der Waals surface area contributed by atoms with Crippen LogP contribution in [0.5, 0.6) is 0 Å². The molecule has 6 heteroatoms. The summed E-state index contributed by atoms with van der Waals surface area (Å²) < 4.78 is 10.0. The van der Waals surface area contributed by atoms with Crippen molar-refractivity contribution in [1.82, 2.24) is 5.32 Å². The van der Waals surface area contributed by atoms with Gasteiger partial charge in [-0.15, -0.1) is 0 Å². The Labute approximate surface area is 136 Å². The second-order valence-corrected chi connectivity index (χ2v) is 5.03. The Morgan fingerprint density at radius 3 is 2.65 bits per heavy atom. The molecule has 0 unspecified atom stereocenters. The van der Waals surface area contributed by atoms with Crippen molar-refractivity contribution in [1.29, 1.82) is 5.26 Å². The Bertz CT molecular complexity index is 525. The number of rotatable bonds is 10. The summed E-state index contributed by atoms with van der Waals surface area (Å²) in [6.07, 6.45) is 2.23. The lowest BCUT2D eigenvalue weighted by molar-refractivity contribution is -0.146. The van der Waals surface area contributed by atoms with Crippen LogP contribution in [-0.4, -0.2) is 31.6 Å². The number of ether oxygens (including phenoxy) is 2. The number of nitrogens with zero attached hydrogens (tertiary/aromatic N) is 1. The van der Waals surface area contributed by atoms with Gasteiger partial charge in [-0.25, -0.2) is 4.79 Å². The summed E-state index contributed by atoms with van der Waals surface area (Å²) in [4.78, 5) is 23.5. The van der Waals surface area contributed by atoms with Gasteiger partial charge in [-0.1, -0.05) is 30.3 Å². The van der Waals surface area contributed by atoms with Crippen molar-refractivity contribution in [3.05, 3.63) is 35.9 Å². The molecule has 1 atom stereocenters. The van der Waals surface area contributed by atoms with Crippen molar-refractivity contribution in [3.63, 3.8) is 0 Å². The fourth-order valence-electron chi connectivity index (χ4n) is 2.02. The molecule has 0 aliphatic carbocycles. The molecule has 124 valence electrons. The largest absolute Gasteiger partial charge is 0.467 e. The third-order valence-electron chi connectivity index (χ3n) is 3.20. The van der Waals surface area contributed by atoms with E-state index >= 15 is 0 Å². The molecule has 0 aromatic heterocycles. The number of nitrogens with one attached hydrogen (secondary N) is 1. The van der Waals surface area contributed by atoms with Crippen molar-refractivity contribution in [2.75, 3.05) is 13.7 Å². The second-order valence-electron chi connectivity index (χ2n) is 5.03. The summed E-state index contributed by atoms with van der Waals surface area (Å²) in [7, 11) is 1.28. The van der Waals surface area contributed by atoms with E-state index in [0.717, 1.165) is 5.56 Å². The highest BCUT2D eigenvalue weighted by molar-refractivity contribution is 5.84. The Balaban J connectivity index is 2.34. The zero-order chi connectivity index (χ0) is 16.9. The van der Waals surface area contributed by atoms with Crippen molar-refractivity contribution < 1.29 is 19.1 Å². The van der Waals surface area contributed by atoms with Crippen molar-refractivity contribution in [2.24, 2.45) is 0 Å². The first-order valence-electron chi connectivity index (χ1n) is 7.53. The van der Waals surface area contributed by atoms with Crippen LogP contribution in [0.4, 0.5) is 0 Å². The highest BCUT2D eigenvalue weighted by atomic mass is 16.5. The molecule has 0 aliphatic heterocycles. The minimum atomic E-state index is -0.702. The lowest BCUT2D eigenvalue weighted by Crippen LogP contribution is -2.43. The maximum atomic E-state index is 11.9. The number of esters is 1. The van der Waals surface area contributed by atoms with Gasteiger partial charge < -0.3 is 14.8 Å². The van der Waals surface area contributed by atoms with Gasteiger partial charge in [0.15, 0.2) is 0 Å². The molecule has 23 heavy (non-hydrogen) atoms. The standard InChI is InChI=1S/C17H22N2O4/c1-22-17(21)15(10-6-3-7-11-18)19-16(20)13-23-12-14-8-4-2-5-9-14/h2,4-5,8-9,15H,3,6-7,10,12-13H2,1H3,(H,19,20)/t15-/m0/s1. The molecule has 1 aromatic rings. The fraction of sp³-hybridized carbons (Fsp3) is 0.471. The molecule has 1 amide bonds. The van der Waals surface area contributed by atoms with Crippen LogP contribution in [0.2, 0.25) is 0 Å². The number of amides is 1. The molecule has 0 radical (unpaired) electrons. The first-order valence-corrected chi connectivity index (χ1v) is 7.53. The average Bonchev–Trinajstić information content (AvgIpc) is 2.58. The molecule has 0 aliphatic rings. The van der Waals surface area contributed by atoms with Crippen LogP contribution in [0.25, 0.3) is 0 Å². The SMILES string of the molecule is COC(=O)[C@H](CCCCC#N)NC(=O)COCc1ccccc1. The maximum Gasteiger partial charge on any atom is 0.328 e. The van der Waals surface area contributed by atoms with E-state index in [4.69, 9.17) is 10.00 Å². The number of methoxy groups -OCH3 is 1.